The Morgan fingerprint density at radius 2 is 1.62 bits per heavy atom. The first-order chi connectivity index (χ1) is 11.4. The minimum absolute atomic E-state index is 0.141. The summed E-state index contributed by atoms with van der Waals surface area (Å²) in [4.78, 5) is 14.3. The Morgan fingerprint density at radius 3 is 2.17 bits per heavy atom. The maximum absolute atomic E-state index is 12.4. The number of nitrogens with zero attached hydrogens (tertiary/aromatic N) is 1. The van der Waals surface area contributed by atoms with Crippen LogP contribution in [0.5, 0.6) is 0 Å². The number of rotatable bonds is 6. The maximum Gasteiger partial charge on any atom is 0.228 e. The lowest BCUT2D eigenvalue weighted by Gasteiger charge is -2.21. The zero-order valence-corrected chi connectivity index (χ0v) is 15.2. The number of hydrogen-bond acceptors (Lipinski definition) is 2. The summed E-state index contributed by atoms with van der Waals surface area (Å²) in [5.41, 5.74) is 3.48. The van der Waals surface area contributed by atoms with Crippen LogP contribution in [0.2, 0.25) is 0 Å². The first kappa shape index (κ1) is 18.1. The number of carbonyl (C=O) groups excluding carboxylic acids is 1. The summed E-state index contributed by atoms with van der Waals surface area (Å²) in [6.45, 7) is 9.94. The molecule has 2 aromatic carbocycles. The fraction of sp³-hybridized carbons (Fsp3) is 0.381. The number of carbonyl (C=O) groups is 1. The molecule has 0 aliphatic rings. The van der Waals surface area contributed by atoms with Crippen molar-refractivity contribution in [1.29, 1.82) is 0 Å². The van der Waals surface area contributed by atoms with E-state index in [1.54, 1.807) is 0 Å². The third-order valence-corrected chi connectivity index (χ3v) is 4.10. The van der Waals surface area contributed by atoms with E-state index in [9.17, 15) is 4.79 Å². The molecule has 0 atom stereocenters. The fourth-order valence-electron chi connectivity index (χ4n) is 2.65. The molecule has 0 aliphatic carbocycles. The predicted octanol–water partition coefficient (Wildman–Crippen LogP) is 4.84. The minimum Gasteiger partial charge on any atom is -0.385 e. The average Bonchev–Trinajstić information content (AvgIpc) is 2.56. The van der Waals surface area contributed by atoms with Gasteiger partial charge in [0.15, 0.2) is 0 Å². The molecule has 1 amide bonds. The van der Waals surface area contributed by atoms with E-state index in [4.69, 9.17) is 0 Å². The molecule has 0 saturated carbocycles. The molecular formula is C21H28N2O. The second-order valence-corrected chi connectivity index (χ2v) is 6.98. The van der Waals surface area contributed by atoms with E-state index in [0.717, 1.165) is 11.4 Å². The third kappa shape index (κ3) is 4.85. The van der Waals surface area contributed by atoms with Gasteiger partial charge in [-0.25, -0.2) is 0 Å². The second-order valence-electron chi connectivity index (χ2n) is 6.98. The first-order valence-corrected chi connectivity index (χ1v) is 8.61. The Labute approximate surface area is 145 Å². The Bertz CT molecular complexity index is 642. The molecular weight excluding hydrogens is 296 g/mol. The van der Waals surface area contributed by atoms with Crippen LogP contribution in [0.4, 0.5) is 11.4 Å². The van der Waals surface area contributed by atoms with E-state index >= 15 is 0 Å². The number of nitrogens with one attached hydrogen (secondary N) is 1. The van der Waals surface area contributed by atoms with Crippen molar-refractivity contribution < 1.29 is 4.79 Å². The van der Waals surface area contributed by atoms with Gasteiger partial charge in [0.05, 0.1) is 0 Å². The highest BCUT2D eigenvalue weighted by Crippen LogP contribution is 2.23. The minimum atomic E-state index is 0.141. The Kier molecular flexibility index (Phi) is 6.02. The molecule has 2 aromatic rings. The molecule has 2 rings (SSSR count). The predicted molar refractivity (Wildman–Crippen MR) is 103 cm³/mol. The third-order valence-electron chi connectivity index (χ3n) is 4.10. The summed E-state index contributed by atoms with van der Waals surface area (Å²) in [5.74, 6) is 0.141. The van der Waals surface area contributed by atoms with Crippen LogP contribution in [0.25, 0.3) is 0 Å². The molecule has 0 bridgehead atoms. The van der Waals surface area contributed by atoms with Crippen LogP contribution in [0.3, 0.4) is 0 Å². The normalized spacial score (nSPS) is 11.2. The van der Waals surface area contributed by atoms with Crippen LogP contribution < -0.4 is 10.2 Å². The van der Waals surface area contributed by atoms with E-state index in [-0.39, 0.29) is 11.3 Å². The fourth-order valence-corrected chi connectivity index (χ4v) is 2.65. The highest BCUT2D eigenvalue weighted by Gasteiger charge is 2.14. The van der Waals surface area contributed by atoms with Crippen molar-refractivity contribution in [2.45, 2.75) is 39.5 Å². The van der Waals surface area contributed by atoms with Gasteiger partial charge in [0, 0.05) is 30.9 Å². The van der Waals surface area contributed by atoms with Crippen LogP contribution in [-0.2, 0) is 10.2 Å². The monoisotopic (exact) mass is 324 g/mol. The molecule has 0 radical (unpaired) electrons. The molecule has 0 unspecified atom stereocenters. The lowest BCUT2D eigenvalue weighted by molar-refractivity contribution is -0.118. The summed E-state index contributed by atoms with van der Waals surface area (Å²) in [6.07, 6.45) is 0.476. The molecule has 0 aromatic heterocycles. The van der Waals surface area contributed by atoms with Gasteiger partial charge in [-0.1, -0.05) is 51.1 Å². The quantitative estimate of drug-likeness (QED) is 0.824. The Hall–Kier alpha value is -2.29. The summed E-state index contributed by atoms with van der Waals surface area (Å²) in [6, 6.07) is 18.3. The van der Waals surface area contributed by atoms with Crippen LogP contribution in [-0.4, -0.2) is 19.0 Å². The van der Waals surface area contributed by atoms with E-state index in [1.165, 1.54) is 5.56 Å². The summed E-state index contributed by atoms with van der Waals surface area (Å²) >= 11 is 0. The first-order valence-electron chi connectivity index (χ1n) is 8.61. The molecule has 0 saturated heterocycles. The maximum atomic E-state index is 12.4. The smallest absolute Gasteiger partial charge is 0.228 e. The van der Waals surface area contributed by atoms with Gasteiger partial charge in [-0.2, -0.15) is 0 Å². The molecule has 3 heteroatoms. The zero-order valence-electron chi connectivity index (χ0n) is 15.2. The SMILES string of the molecule is CCN(C(=O)CCNc1ccc(C(C)(C)C)cc1)c1ccccc1. The lowest BCUT2D eigenvalue weighted by Crippen LogP contribution is -2.31. The zero-order chi connectivity index (χ0) is 17.6. The van der Waals surface area contributed by atoms with Gasteiger partial charge >= 0.3 is 0 Å². The van der Waals surface area contributed by atoms with Crippen molar-refractivity contribution >= 4 is 17.3 Å². The Balaban J connectivity index is 1.88. The number of para-hydroxylation sites is 1. The molecule has 1 N–H and O–H groups in total. The van der Waals surface area contributed by atoms with Gasteiger partial charge < -0.3 is 10.2 Å². The highest BCUT2D eigenvalue weighted by molar-refractivity contribution is 5.93. The number of anilines is 2. The largest absolute Gasteiger partial charge is 0.385 e. The van der Waals surface area contributed by atoms with E-state index in [0.29, 0.717) is 19.5 Å². The molecule has 0 heterocycles. The van der Waals surface area contributed by atoms with Crippen molar-refractivity contribution in [3.8, 4) is 0 Å². The molecule has 24 heavy (non-hydrogen) atoms. The van der Waals surface area contributed by atoms with Crippen molar-refractivity contribution in [3.05, 3.63) is 60.2 Å². The van der Waals surface area contributed by atoms with Crippen LogP contribution in [0, 0.1) is 0 Å². The molecule has 3 nitrogen and oxygen atoms in total. The molecule has 0 fully saturated rings. The van der Waals surface area contributed by atoms with Gasteiger partial charge in [-0.15, -0.1) is 0 Å². The van der Waals surface area contributed by atoms with Gasteiger partial charge in [0.2, 0.25) is 5.91 Å². The van der Waals surface area contributed by atoms with Crippen molar-refractivity contribution in [3.63, 3.8) is 0 Å². The van der Waals surface area contributed by atoms with Crippen LogP contribution in [0.15, 0.2) is 54.6 Å². The summed E-state index contributed by atoms with van der Waals surface area (Å²) < 4.78 is 0. The summed E-state index contributed by atoms with van der Waals surface area (Å²) in [7, 11) is 0. The Morgan fingerprint density at radius 1 is 1.00 bits per heavy atom. The molecule has 128 valence electrons. The standard InChI is InChI=1S/C21H28N2O/c1-5-23(19-9-7-6-8-10-19)20(24)15-16-22-18-13-11-17(12-14-18)21(2,3)4/h6-14,22H,5,15-16H2,1-4H3. The number of amides is 1. The average molecular weight is 324 g/mol. The van der Waals surface area contributed by atoms with Gasteiger partial charge in [0.25, 0.3) is 0 Å². The van der Waals surface area contributed by atoms with Crippen LogP contribution in [0.1, 0.15) is 39.7 Å². The lowest BCUT2D eigenvalue weighted by atomic mass is 9.87. The van der Waals surface area contributed by atoms with Crippen molar-refractivity contribution in [1.82, 2.24) is 0 Å². The van der Waals surface area contributed by atoms with E-state index in [1.807, 2.05) is 42.2 Å². The van der Waals surface area contributed by atoms with Crippen LogP contribution >= 0.6 is 0 Å². The number of hydrogen-bond donors (Lipinski definition) is 1. The summed E-state index contributed by atoms with van der Waals surface area (Å²) in [5, 5.41) is 3.34. The van der Waals surface area contributed by atoms with Gasteiger partial charge in [-0.05, 0) is 42.2 Å². The van der Waals surface area contributed by atoms with Crippen molar-refractivity contribution in [2.24, 2.45) is 0 Å². The molecule has 0 spiro atoms. The number of benzene rings is 2. The topological polar surface area (TPSA) is 32.3 Å². The molecule has 0 aliphatic heterocycles. The highest BCUT2D eigenvalue weighted by atomic mass is 16.2. The van der Waals surface area contributed by atoms with Gasteiger partial charge in [0.1, 0.15) is 0 Å². The van der Waals surface area contributed by atoms with E-state index in [2.05, 4.69) is 50.4 Å². The van der Waals surface area contributed by atoms with Gasteiger partial charge in [-0.3, -0.25) is 4.79 Å². The van der Waals surface area contributed by atoms with E-state index < -0.39 is 0 Å². The second kappa shape index (κ2) is 8.00. The van der Waals surface area contributed by atoms with Crippen molar-refractivity contribution in [2.75, 3.05) is 23.3 Å².